The van der Waals surface area contributed by atoms with E-state index in [1.54, 1.807) is 0 Å². The summed E-state index contributed by atoms with van der Waals surface area (Å²) < 4.78 is 39.9. The lowest BCUT2D eigenvalue weighted by Gasteiger charge is -2.16. The van der Waals surface area contributed by atoms with Crippen molar-refractivity contribution in [2.45, 2.75) is 25.9 Å². The molecule has 2 rings (SSSR count). The van der Waals surface area contributed by atoms with Crippen molar-refractivity contribution in [2.24, 2.45) is 7.05 Å². The van der Waals surface area contributed by atoms with E-state index < -0.39 is 11.7 Å². The molecule has 0 saturated heterocycles. The molecule has 108 valence electrons. The summed E-state index contributed by atoms with van der Waals surface area (Å²) in [6.07, 6.45) is -4.47. The number of aryl methyl sites for hydroxylation is 1. The van der Waals surface area contributed by atoms with Gasteiger partial charge in [-0.3, -0.25) is 4.79 Å². The second kappa shape index (κ2) is 4.81. The van der Waals surface area contributed by atoms with Gasteiger partial charge in [0.25, 0.3) is 5.56 Å². The van der Waals surface area contributed by atoms with E-state index in [4.69, 9.17) is 11.6 Å². The first-order valence-corrected chi connectivity index (χ1v) is 6.41. The maximum absolute atomic E-state index is 12.9. The normalized spacial score (nSPS) is 12.4. The van der Waals surface area contributed by atoms with Gasteiger partial charge in [0, 0.05) is 18.5 Å². The van der Waals surface area contributed by atoms with Crippen LogP contribution in [0.2, 0.25) is 5.02 Å². The van der Waals surface area contributed by atoms with Gasteiger partial charge < -0.3 is 4.57 Å². The van der Waals surface area contributed by atoms with Crippen LogP contribution in [0.15, 0.2) is 23.0 Å². The molecule has 2 nitrogen and oxygen atoms in total. The molecule has 0 unspecified atom stereocenters. The van der Waals surface area contributed by atoms with Crippen molar-refractivity contribution in [3.8, 4) is 0 Å². The monoisotopic (exact) mass is 303 g/mol. The molecule has 0 spiro atoms. The van der Waals surface area contributed by atoms with E-state index in [1.807, 2.05) is 13.8 Å². The number of hydrogen-bond donors (Lipinski definition) is 0. The minimum atomic E-state index is -4.47. The quantitative estimate of drug-likeness (QED) is 0.768. The van der Waals surface area contributed by atoms with Crippen molar-refractivity contribution in [2.75, 3.05) is 0 Å². The third-order valence-electron chi connectivity index (χ3n) is 3.27. The topological polar surface area (TPSA) is 22.0 Å². The number of aromatic nitrogens is 1. The summed E-state index contributed by atoms with van der Waals surface area (Å²) in [6.45, 7) is 3.64. The van der Waals surface area contributed by atoms with Crippen LogP contribution in [-0.2, 0) is 13.2 Å². The molecule has 0 aliphatic heterocycles. The fraction of sp³-hybridized carbons (Fsp3) is 0.357. The highest BCUT2D eigenvalue weighted by Crippen LogP contribution is 2.36. The van der Waals surface area contributed by atoms with Crippen molar-refractivity contribution in [1.82, 2.24) is 4.57 Å². The van der Waals surface area contributed by atoms with Crippen LogP contribution in [0, 0.1) is 0 Å². The second-order valence-electron chi connectivity index (χ2n) is 5.00. The molecule has 0 atom stereocenters. The Balaban J connectivity index is 2.98. The molecule has 6 heteroatoms. The Morgan fingerprint density at radius 1 is 1.20 bits per heavy atom. The highest BCUT2D eigenvalue weighted by atomic mass is 35.5. The van der Waals surface area contributed by atoms with Crippen LogP contribution < -0.4 is 5.56 Å². The van der Waals surface area contributed by atoms with Gasteiger partial charge >= 0.3 is 6.18 Å². The molecule has 0 N–H and O–H groups in total. The number of nitrogens with zero attached hydrogens (tertiary/aromatic N) is 1. The van der Waals surface area contributed by atoms with Gasteiger partial charge in [0.1, 0.15) is 0 Å². The zero-order valence-electron chi connectivity index (χ0n) is 11.2. The van der Waals surface area contributed by atoms with E-state index in [2.05, 4.69) is 0 Å². The molecule has 0 saturated carbocycles. The maximum Gasteiger partial charge on any atom is 0.416 e. The Labute approximate surface area is 118 Å². The van der Waals surface area contributed by atoms with E-state index in [0.717, 1.165) is 12.1 Å². The predicted octanol–water partition coefficient (Wildman–Crippen LogP) is 4.33. The number of benzene rings is 1. The third-order valence-corrected chi connectivity index (χ3v) is 3.56. The zero-order valence-corrected chi connectivity index (χ0v) is 11.9. The number of pyridine rings is 1. The van der Waals surface area contributed by atoms with E-state index in [9.17, 15) is 18.0 Å². The Kier molecular flexibility index (Phi) is 3.58. The lowest BCUT2D eigenvalue weighted by molar-refractivity contribution is -0.137. The number of hydrogen-bond acceptors (Lipinski definition) is 1. The van der Waals surface area contributed by atoms with Crippen molar-refractivity contribution >= 4 is 22.5 Å². The predicted molar refractivity (Wildman–Crippen MR) is 73.3 cm³/mol. The molecule has 0 bridgehead atoms. The van der Waals surface area contributed by atoms with E-state index >= 15 is 0 Å². The number of alkyl halides is 3. The summed E-state index contributed by atoms with van der Waals surface area (Å²) in [5.74, 6) is -0.0778. The first kappa shape index (κ1) is 14.9. The van der Waals surface area contributed by atoms with Crippen LogP contribution in [0.3, 0.4) is 0 Å². The molecule has 2 aromatic rings. The molecular formula is C14H13ClF3NO. The smallest absolute Gasteiger partial charge is 0.310 e. The van der Waals surface area contributed by atoms with Gasteiger partial charge in [0.15, 0.2) is 0 Å². The standard InChI is InChI=1S/C14H13ClF3NO/c1-7(2)9-6-12(20)19(3)13-10(9)4-8(5-11(13)15)14(16,17)18/h4-7H,1-3H3. The van der Waals surface area contributed by atoms with E-state index in [0.29, 0.717) is 16.5 Å². The third kappa shape index (κ3) is 2.42. The summed E-state index contributed by atoms with van der Waals surface area (Å²) in [5, 5.41) is 0.291. The number of halogens is 4. The molecule has 20 heavy (non-hydrogen) atoms. The molecule has 1 heterocycles. The minimum absolute atomic E-state index is 0.0723. The fourth-order valence-electron chi connectivity index (χ4n) is 2.22. The van der Waals surface area contributed by atoms with Crippen LogP contribution in [0.4, 0.5) is 13.2 Å². The van der Waals surface area contributed by atoms with Gasteiger partial charge in [-0.15, -0.1) is 0 Å². The Bertz CT molecular complexity index is 732. The largest absolute Gasteiger partial charge is 0.416 e. The lowest BCUT2D eigenvalue weighted by Crippen LogP contribution is -2.18. The van der Waals surface area contributed by atoms with Crippen LogP contribution in [0.25, 0.3) is 10.9 Å². The van der Waals surface area contributed by atoms with Gasteiger partial charge in [-0.1, -0.05) is 25.4 Å². The molecular weight excluding hydrogens is 291 g/mol. The average molecular weight is 304 g/mol. The SMILES string of the molecule is CC(C)c1cc(=O)n(C)c2c(Cl)cc(C(F)(F)F)cc12. The Morgan fingerprint density at radius 3 is 2.30 bits per heavy atom. The van der Waals surface area contributed by atoms with Crippen molar-refractivity contribution in [3.63, 3.8) is 0 Å². The van der Waals surface area contributed by atoms with Gasteiger partial charge in [-0.2, -0.15) is 13.2 Å². The van der Waals surface area contributed by atoms with E-state index in [-0.39, 0.29) is 16.5 Å². The second-order valence-corrected chi connectivity index (χ2v) is 5.41. The molecule has 0 fully saturated rings. The minimum Gasteiger partial charge on any atom is -0.310 e. The number of fused-ring (bicyclic) bond motifs is 1. The summed E-state index contributed by atoms with van der Waals surface area (Å²) in [7, 11) is 1.49. The van der Waals surface area contributed by atoms with Crippen molar-refractivity contribution in [1.29, 1.82) is 0 Å². The van der Waals surface area contributed by atoms with Crippen LogP contribution in [0.1, 0.15) is 30.9 Å². The van der Waals surface area contributed by atoms with Gasteiger partial charge in [0.05, 0.1) is 16.1 Å². The van der Waals surface area contributed by atoms with Crippen molar-refractivity contribution < 1.29 is 13.2 Å². The Hall–Kier alpha value is -1.49. The fourth-order valence-corrected chi connectivity index (χ4v) is 2.57. The lowest BCUT2D eigenvalue weighted by atomic mass is 9.97. The molecule has 0 aliphatic rings. The van der Waals surface area contributed by atoms with Gasteiger partial charge in [-0.25, -0.2) is 0 Å². The highest BCUT2D eigenvalue weighted by Gasteiger charge is 2.32. The molecule has 0 amide bonds. The maximum atomic E-state index is 12.9. The molecule has 0 aliphatic carbocycles. The summed E-state index contributed by atoms with van der Waals surface area (Å²) >= 11 is 5.96. The molecule has 0 radical (unpaired) electrons. The van der Waals surface area contributed by atoms with Crippen LogP contribution in [0.5, 0.6) is 0 Å². The van der Waals surface area contributed by atoms with Crippen LogP contribution >= 0.6 is 11.6 Å². The van der Waals surface area contributed by atoms with Crippen LogP contribution in [-0.4, -0.2) is 4.57 Å². The van der Waals surface area contributed by atoms with Gasteiger partial charge in [0.2, 0.25) is 0 Å². The van der Waals surface area contributed by atoms with Crippen molar-refractivity contribution in [3.05, 3.63) is 44.7 Å². The van der Waals surface area contributed by atoms with Gasteiger partial charge in [-0.05, 0) is 23.6 Å². The summed E-state index contributed by atoms with van der Waals surface area (Å²) in [4.78, 5) is 11.9. The summed E-state index contributed by atoms with van der Waals surface area (Å²) in [5.41, 5.74) is -0.203. The summed E-state index contributed by atoms with van der Waals surface area (Å²) in [6, 6.07) is 3.27. The van der Waals surface area contributed by atoms with E-state index in [1.165, 1.54) is 17.7 Å². The Morgan fingerprint density at radius 2 is 1.80 bits per heavy atom. The average Bonchev–Trinajstić information content (AvgIpc) is 2.31. The first-order valence-electron chi connectivity index (χ1n) is 6.03. The highest BCUT2D eigenvalue weighted by molar-refractivity contribution is 6.35. The number of rotatable bonds is 1. The molecule has 1 aromatic heterocycles. The molecule has 1 aromatic carbocycles. The first-order chi connectivity index (χ1) is 9.12. The zero-order chi connectivity index (χ0) is 15.2.